The van der Waals surface area contributed by atoms with Gasteiger partial charge in [-0.15, -0.1) is 0 Å². The molecule has 0 radical (unpaired) electrons. The topological polar surface area (TPSA) is 134 Å². The Morgan fingerprint density at radius 2 is 1.78 bits per heavy atom. The SMILES string of the molecule is CC(C)(C)OC(=O)N(CCOCCN=[N+]=[N-])CCOCC(=O)O. The van der Waals surface area contributed by atoms with E-state index in [0.717, 1.165) is 0 Å². The van der Waals surface area contributed by atoms with Gasteiger partial charge in [0.1, 0.15) is 12.2 Å². The van der Waals surface area contributed by atoms with Crippen LogP contribution in [0.3, 0.4) is 0 Å². The van der Waals surface area contributed by atoms with Crippen molar-refractivity contribution in [3.05, 3.63) is 10.4 Å². The molecule has 0 aromatic carbocycles. The summed E-state index contributed by atoms with van der Waals surface area (Å²) >= 11 is 0. The minimum atomic E-state index is -1.07. The molecule has 0 aliphatic rings. The Morgan fingerprint density at radius 1 is 1.17 bits per heavy atom. The molecule has 0 aromatic rings. The van der Waals surface area contributed by atoms with Gasteiger partial charge in [0.2, 0.25) is 0 Å². The number of ether oxygens (including phenoxy) is 3. The summed E-state index contributed by atoms with van der Waals surface area (Å²) in [5, 5.41) is 11.8. The summed E-state index contributed by atoms with van der Waals surface area (Å²) in [6.45, 7) is 6.03. The lowest BCUT2D eigenvalue weighted by molar-refractivity contribution is -0.142. The second kappa shape index (κ2) is 11.5. The molecule has 23 heavy (non-hydrogen) atoms. The van der Waals surface area contributed by atoms with Gasteiger partial charge in [-0.3, -0.25) is 0 Å². The van der Waals surface area contributed by atoms with Gasteiger partial charge in [-0.05, 0) is 26.3 Å². The minimum absolute atomic E-state index is 0.0737. The van der Waals surface area contributed by atoms with Crippen LogP contribution in [0.1, 0.15) is 20.8 Å². The predicted molar refractivity (Wildman–Crippen MR) is 81.1 cm³/mol. The Bertz CT molecular complexity index is 417. The van der Waals surface area contributed by atoms with E-state index >= 15 is 0 Å². The van der Waals surface area contributed by atoms with Crippen molar-refractivity contribution in [3.8, 4) is 0 Å². The first kappa shape index (κ1) is 21.0. The molecule has 132 valence electrons. The Balaban J connectivity index is 4.27. The number of hydrogen-bond acceptors (Lipinski definition) is 6. The number of nitrogens with zero attached hydrogens (tertiary/aromatic N) is 4. The van der Waals surface area contributed by atoms with Gasteiger partial charge in [-0.1, -0.05) is 5.11 Å². The zero-order chi connectivity index (χ0) is 17.7. The van der Waals surface area contributed by atoms with E-state index in [0.29, 0.717) is 0 Å². The quantitative estimate of drug-likeness (QED) is 0.264. The normalized spacial score (nSPS) is 10.7. The van der Waals surface area contributed by atoms with Crippen LogP contribution in [0.5, 0.6) is 0 Å². The number of carbonyl (C=O) groups is 2. The summed E-state index contributed by atoms with van der Waals surface area (Å²) in [6, 6.07) is 0. The fourth-order valence-electron chi connectivity index (χ4n) is 1.38. The van der Waals surface area contributed by atoms with Gasteiger partial charge in [0.05, 0.1) is 19.8 Å². The Morgan fingerprint density at radius 3 is 2.30 bits per heavy atom. The van der Waals surface area contributed by atoms with E-state index < -0.39 is 24.3 Å². The van der Waals surface area contributed by atoms with Crippen molar-refractivity contribution in [2.45, 2.75) is 26.4 Å². The summed E-state index contributed by atoms with van der Waals surface area (Å²) in [7, 11) is 0. The summed E-state index contributed by atoms with van der Waals surface area (Å²) in [5.74, 6) is -1.07. The zero-order valence-corrected chi connectivity index (χ0v) is 13.7. The van der Waals surface area contributed by atoms with E-state index in [1.165, 1.54) is 4.90 Å². The van der Waals surface area contributed by atoms with Crippen LogP contribution in [0.2, 0.25) is 0 Å². The van der Waals surface area contributed by atoms with Gasteiger partial charge in [-0.25, -0.2) is 9.59 Å². The van der Waals surface area contributed by atoms with Crippen LogP contribution in [-0.4, -0.2) is 73.7 Å². The lowest BCUT2D eigenvalue weighted by Crippen LogP contribution is -2.40. The van der Waals surface area contributed by atoms with E-state index in [4.69, 9.17) is 24.8 Å². The monoisotopic (exact) mass is 332 g/mol. The van der Waals surface area contributed by atoms with Gasteiger partial charge < -0.3 is 24.2 Å². The third-order valence-corrected chi connectivity index (χ3v) is 2.29. The molecule has 0 fully saturated rings. The average molecular weight is 332 g/mol. The number of carboxylic acid groups (broad SMARTS) is 1. The molecule has 0 aliphatic heterocycles. The van der Waals surface area contributed by atoms with Crippen molar-refractivity contribution < 1.29 is 28.9 Å². The molecule has 1 amide bonds. The molecule has 10 nitrogen and oxygen atoms in total. The highest BCUT2D eigenvalue weighted by Crippen LogP contribution is 2.09. The Kier molecular flexibility index (Phi) is 10.5. The summed E-state index contributed by atoms with van der Waals surface area (Å²) in [6.07, 6.45) is -0.532. The van der Waals surface area contributed by atoms with Gasteiger partial charge >= 0.3 is 12.1 Å². The number of aliphatic carboxylic acids is 1. The Hall–Kier alpha value is -2.03. The highest BCUT2D eigenvalue weighted by molar-refractivity contribution is 5.68. The maximum Gasteiger partial charge on any atom is 0.410 e. The summed E-state index contributed by atoms with van der Waals surface area (Å²) in [5.41, 5.74) is 7.49. The second-order valence-corrected chi connectivity index (χ2v) is 5.48. The molecular formula is C13H24N4O6. The van der Waals surface area contributed by atoms with Crippen molar-refractivity contribution in [1.29, 1.82) is 0 Å². The van der Waals surface area contributed by atoms with Crippen LogP contribution < -0.4 is 0 Å². The number of rotatable bonds is 11. The molecule has 0 spiro atoms. The first-order valence-corrected chi connectivity index (χ1v) is 7.12. The van der Waals surface area contributed by atoms with E-state index in [1.807, 2.05) is 0 Å². The molecule has 0 saturated carbocycles. The third-order valence-electron chi connectivity index (χ3n) is 2.29. The van der Waals surface area contributed by atoms with Crippen molar-refractivity contribution in [2.75, 3.05) is 46.1 Å². The molecule has 0 aromatic heterocycles. The highest BCUT2D eigenvalue weighted by Gasteiger charge is 2.21. The fraction of sp³-hybridized carbons (Fsp3) is 0.846. The van der Waals surface area contributed by atoms with E-state index in [1.54, 1.807) is 20.8 Å². The predicted octanol–water partition coefficient (Wildman–Crippen LogP) is 1.65. The smallest absolute Gasteiger partial charge is 0.410 e. The van der Waals surface area contributed by atoms with Crippen molar-refractivity contribution in [2.24, 2.45) is 5.11 Å². The summed E-state index contributed by atoms with van der Waals surface area (Å²) < 4.78 is 15.4. The van der Waals surface area contributed by atoms with Crippen molar-refractivity contribution in [1.82, 2.24) is 4.90 Å². The molecule has 0 heterocycles. The Labute approximate surface area is 134 Å². The van der Waals surface area contributed by atoms with Crippen LogP contribution >= 0.6 is 0 Å². The zero-order valence-electron chi connectivity index (χ0n) is 13.7. The number of carbonyl (C=O) groups excluding carboxylic acids is 1. The number of azide groups is 1. The molecule has 0 aliphatic carbocycles. The third kappa shape index (κ3) is 13.4. The van der Waals surface area contributed by atoms with Crippen molar-refractivity contribution >= 4 is 12.1 Å². The lowest BCUT2D eigenvalue weighted by Gasteiger charge is -2.27. The fourth-order valence-corrected chi connectivity index (χ4v) is 1.38. The maximum atomic E-state index is 12.1. The van der Waals surface area contributed by atoms with Crippen LogP contribution in [0.15, 0.2) is 5.11 Å². The first-order valence-electron chi connectivity index (χ1n) is 7.12. The van der Waals surface area contributed by atoms with Gasteiger partial charge in [-0.2, -0.15) is 0 Å². The average Bonchev–Trinajstić information content (AvgIpc) is 2.42. The summed E-state index contributed by atoms with van der Waals surface area (Å²) in [4.78, 5) is 26.4. The van der Waals surface area contributed by atoms with Crippen molar-refractivity contribution in [3.63, 3.8) is 0 Å². The molecule has 0 atom stereocenters. The number of carboxylic acids is 1. The molecule has 1 N–H and O–H groups in total. The van der Waals surface area contributed by atoms with E-state index in [2.05, 4.69) is 10.0 Å². The second-order valence-electron chi connectivity index (χ2n) is 5.48. The van der Waals surface area contributed by atoms with Crippen LogP contribution in [0, 0.1) is 0 Å². The lowest BCUT2D eigenvalue weighted by atomic mass is 10.2. The van der Waals surface area contributed by atoms with E-state index in [9.17, 15) is 9.59 Å². The molecule has 0 saturated heterocycles. The van der Waals surface area contributed by atoms with Crippen LogP contribution in [0.25, 0.3) is 10.4 Å². The molecular weight excluding hydrogens is 308 g/mol. The molecule has 10 heteroatoms. The number of hydrogen-bond donors (Lipinski definition) is 1. The minimum Gasteiger partial charge on any atom is -0.480 e. The first-order chi connectivity index (χ1) is 10.8. The van der Waals surface area contributed by atoms with Crippen LogP contribution in [-0.2, 0) is 19.0 Å². The molecule has 0 bridgehead atoms. The largest absolute Gasteiger partial charge is 0.480 e. The number of amides is 1. The highest BCUT2D eigenvalue weighted by atomic mass is 16.6. The standard InChI is InChI=1S/C13H24N4O6/c1-13(2,3)23-12(20)17(6-9-22-10-11(18)19)5-8-21-7-4-15-16-14/h4-10H2,1-3H3,(H,18,19). The van der Waals surface area contributed by atoms with Gasteiger partial charge in [0.25, 0.3) is 0 Å². The molecule has 0 rings (SSSR count). The molecule has 0 unspecified atom stereocenters. The maximum absolute atomic E-state index is 12.1. The van der Waals surface area contributed by atoms with Crippen LogP contribution in [0.4, 0.5) is 4.79 Å². The van der Waals surface area contributed by atoms with E-state index in [-0.39, 0.29) is 39.5 Å². The van der Waals surface area contributed by atoms with Gasteiger partial charge in [0, 0.05) is 24.5 Å². The van der Waals surface area contributed by atoms with Gasteiger partial charge in [0.15, 0.2) is 0 Å².